The summed E-state index contributed by atoms with van der Waals surface area (Å²) in [6.45, 7) is 2.68. The largest absolute Gasteiger partial charge is 0.487 e. The molecular weight excluding hydrogens is 273 g/mol. The highest BCUT2D eigenvalue weighted by atomic mass is 35.5. The Hall–Kier alpha value is -1.26. The zero-order valence-corrected chi connectivity index (χ0v) is 11.4. The van der Waals surface area contributed by atoms with Gasteiger partial charge in [-0.15, -0.1) is 0 Å². The smallest absolute Gasteiger partial charge is 0.138 e. The second-order valence-corrected chi connectivity index (χ2v) is 4.68. The van der Waals surface area contributed by atoms with Crippen molar-refractivity contribution in [1.29, 1.82) is 0 Å². The van der Waals surface area contributed by atoms with Gasteiger partial charge in [-0.1, -0.05) is 30.1 Å². The minimum absolute atomic E-state index is 0.00891. The first-order chi connectivity index (χ1) is 8.69. The van der Waals surface area contributed by atoms with Crippen LogP contribution in [0.2, 0.25) is 10.0 Å². The van der Waals surface area contributed by atoms with Gasteiger partial charge in [-0.2, -0.15) is 5.10 Å². The van der Waals surface area contributed by atoms with E-state index in [9.17, 15) is 0 Å². The van der Waals surface area contributed by atoms with E-state index in [0.29, 0.717) is 22.3 Å². The predicted octanol–water partition coefficient (Wildman–Crippen LogP) is 3.44. The minimum Gasteiger partial charge on any atom is -0.487 e. The molecule has 0 aliphatic carbocycles. The molecule has 96 valence electrons. The Morgan fingerprint density at radius 1 is 1.39 bits per heavy atom. The van der Waals surface area contributed by atoms with Crippen molar-refractivity contribution in [1.82, 2.24) is 14.8 Å². The van der Waals surface area contributed by atoms with E-state index in [-0.39, 0.29) is 6.10 Å². The summed E-state index contributed by atoms with van der Waals surface area (Å²) in [7, 11) is 0. The normalized spacial score (nSPS) is 12.4. The summed E-state index contributed by atoms with van der Waals surface area (Å²) in [5, 5.41) is 5.16. The standard InChI is InChI=1S/C12H13Cl2N3O/c1-2-10(6-17-8-15-7-16-17)18-12-4-3-9(13)5-11(12)14/h3-5,7-8,10H,2,6H2,1H3. The number of ether oxygens (including phenoxy) is 1. The van der Waals surface area contributed by atoms with Gasteiger partial charge >= 0.3 is 0 Å². The lowest BCUT2D eigenvalue weighted by atomic mass is 10.2. The monoisotopic (exact) mass is 285 g/mol. The average Bonchev–Trinajstić information content (AvgIpc) is 2.84. The number of halogens is 2. The zero-order valence-electron chi connectivity index (χ0n) is 9.88. The van der Waals surface area contributed by atoms with Gasteiger partial charge in [0.2, 0.25) is 0 Å². The molecule has 0 saturated carbocycles. The van der Waals surface area contributed by atoms with Crippen molar-refractivity contribution >= 4 is 23.2 Å². The zero-order chi connectivity index (χ0) is 13.0. The van der Waals surface area contributed by atoms with Crippen molar-refractivity contribution in [3.8, 4) is 5.75 Å². The van der Waals surface area contributed by atoms with Gasteiger partial charge in [0, 0.05) is 5.02 Å². The summed E-state index contributed by atoms with van der Waals surface area (Å²) < 4.78 is 7.58. The molecule has 0 aliphatic heterocycles. The minimum atomic E-state index is -0.00891. The first-order valence-corrected chi connectivity index (χ1v) is 6.38. The summed E-state index contributed by atoms with van der Waals surface area (Å²) in [5.41, 5.74) is 0. The fourth-order valence-corrected chi connectivity index (χ4v) is 1.99. The molecule has 2 aromatic rings. The molecule has 0 spiro atoms. The Kier molecular flexibility index (Phi) is 4.44. The quantitative estimate of drug-likeness (QED) is 0.845. The highest BCUT2D eigenvalue weighted by molar-refractivity contribution is 6.35. The van der Waals surface area contributed by atoms with Crippen LogP contribution in [0, 0.1) is 0 Å². The topological polar surface area (TPSA) is 39.9 Å². The Morgan fingerprint density at radius 3 is 2.83 bits per heavy atom. The summed E-state index contributed by atoms with van der Waals surface area (Å²) >= 11 is 11.9. The van der Waals surface area contributed by atoms with Crippen molar-refractivity contribution in [2.24, 2.45) is 0 Å². The molecule has 1 atom stereocenters. The van der Waals surface area contributed by atoms with Crippen LogP contribution >= 0.6 is 23.2 Å². The first-order valence-electron chi connectivity index (χ1n) is 5.63. The molecule has 0 N–H and O–H groups in total. The SMILES string of the molecule is CCC(Cn1cncn1)Oc1ccc(Cl)cc1Cl. The fourth-order valence-electron chi connectivity index (χ4n) is 1.54. The average molecular weight is 286 g/mol. The number of nitrogens with zero attached hydrogens (tertiary/aromatic N) is 3. The van der Waals surface area contributed by atoms with Crippen molar-refractivity contribution in [3.05, 3.63) is 40.9 Å². The van der Waals surface area contributed by atoms with E-state index in [1.807, 2.05) is 6.92 Å². The Morgan fingerprint density at radius 2 is 2.22 bits per heavy atom. The number of hydrogen-bond acceptors (Lipinski definition) is 3. The molecular formula is C12H13Cl2N3O. The van der Waals surface area contributed by atoms with E-state index in [2.05, 4.69) is 10.1 Å². The van der Waals surface area contributed by atoms with E-state index in [0.717, 1.165) is 6.42 Å². The van der Waals surface area contributed by atoms with Crippen LogP contribution < -0.4 is 4.74 Å². The van der Waals surface area contributed by atoms with Gasteiger partial charge in [-0.25, -0.2) is 9.67 Å². The summed E-state index contributed by atoms with van der Waals surface area (Å²) in [6.07, 6.45) is 4.00. The fraction of sp³-hybridized carbons (Fsp3) is 0.333. The second kappa shape index (κ2) is 6.07. The maximum atomic E-state index is 6.07. The van der Waals surface area contributed by atoms with Gasteiger partial charge in [0.15, 0.2) is 0 Å². The van der Waals surface area contributed by atoms with E-state index >= 15 is 0 Å². The molecule has 1 heterocycles. The van der Waals surface area contributed by atoms with Crippen molar-refractivity contribution in [2.45, 2.75) is 26.0 Å². The maximum absolute atomic E-state index is 6.07. The lowest BCUT2D eigenvalue weighted by molar-refractivity contribution is 0.171. The maximum Gasteiger partial charge on any atom is 0.138 e. The van der Waals surface area contributed by atoms with Crippen LogP contribution in [0.25, 0.3) is 0 Å². The van der Waals surface area contributed by atoms with Crippen LogP contribution in [0.1, 0.15) is 13.3 Å². The summed E-state index contributed by atoms with van der Waals surface area (Å²) in [6, 6.07) is 5.19. The van der Waals surface area contributed by atoms with Crippen LogP contribution in [0.3, 0.4) is 0 Å². The molecule has 18 heavy (non-hydrogen) atoms. The number of aromatic nitrogens is 3. The molecule has 1 aromatic carbocycles. The van der Waals surface area contributed by atoms with Gasteiger partial charge in [-0.05, 0) is 24.6 Å². The third-order valence-corrected chi connectivity index (χ3v) is 3.03. The lowest BCUT2D eigenvalue weighted by Gasteiger charge is -2.18. The third kappa shape index (κ3) is 3.37. The van der Waals surface area contributed by atoms with E-state index in [1.54, 1.807) is 29.2 Å². The molecule has 0 saturated heterocycles. The predicted molar refractivity (Wildman–Crippen MR) is 71.2 cm³/mol. The van der Waals surface area contributed by atoms with Crippen molar-refractivity contribution in [2.75, 3.05) is 0 Å². The van der Waals surface area contributed by atoms with Gasteiger partial charge < -0.3 is 4.74 Å². The molecule has 6 heteroatoms. The van der Waals surface area contributed by atoms with Crippen LogP contribution in [-0.4, -0.2) is 20.9 Å². The van der Waals surface area contributed by atoms with E-state index in [4.69, 9.17) is 27.9 Å². The lowest BCUT2D eigenvalue weighted by Crippen LogP contribution is -2.22. The third-order valence-electron chi connectivity index (χ3n) is 2.50. The van der Waals surface area contributed by atoms with Crippen LogP contribution in [0.4, 0.5) is 0 Å². The highest BCUT2D eigenvalue weighted by Gasteiger charge is 2.12. The molecule has 2 rings (SSSR count). The molecule has 4 nitrogen and oxygen atoms in total. The Labute approximate surface area is 115 Å². The molecule has 1 unspecified atom stereocenters. The molecule has 1 aromatic heterocycles. The van der Waals surface area contributed by atoms with Gasteiger partial charge in [-0.3, -0.25) is 0 Å². The Balaban J connectivity index is 2.05. The van der Waals surface area contributed by atoms with Crippen LogP contribution in [0.5, 0.6) is 5.75 Å². The van der Waals surface area contributed by atoms with Crippen molar-refractivity contribution < 1.29 is 4.74 Å². The molecule has 0 bridgehead atoms. The molecule has 0 radical (unpaired) electrons. The van der Waals surface area contributed by atoms with Crippen LogP contribution in [0.15, 0.2) is 30.9 Å². The summed E-state index contributed by atoms with van der Waals surface area (Å²) in [5.74, 6) is 0.632. The number of benzene rings is 1. The highest BCUT2D eigenvalue weighted by Crippen LogP contribution is 2.28. The number of hydrogen-bond donors (Lipinski definition) is 0. The second-order valence-electron chi connectivity index (χ2n) is 3.84. The van der Waals surface area contributed by atoms with Gasteiger partial charge in [0.1, 0.15) is 24.5 Å². The van der Waals surface area contributed by atoms with E-state index < -0.39 is 0 Å². The Bertz CT molecular complexity index is 502. The van der Waals surface area contributed by atoms with Crippen LogP contribution in [-0.2, 0) is 6.54 Å². The summed E-state index contributed by atoms with van der Waals surface area (Å²) in [4.78, 5) is 3.90. The van der Waals surface area contributed by atoms with Gasteiger partial charge in [0.05, 0.1) is 11.6 Å². The molecule has 0 aliphatic rings. The molecule has 0 fully saturated rings. The van der Waals surface area contributed by atoms with E-state index in [1.165, 1.54) is 6.33 Å². The number of rotatable bonds is 5. The van der Waals surface area contributed by atoms with Gasteiger partial charge in [0.25, 0.3) is 0 Å². The molecule has 0 amide bonds. The van der Waals surface area contributed by atoms with Crippen molar-refractivity contribution in [3.63, 3.8) is 0 Å². The first kappa shape index (κ1) is 13.2.